The van der Waals surface area contributed by atoms with E-state index >= 15 is 0 Å². The lowest BCUT2D eigenvalue weighted by atomic mass is 10.0. The van der Waals surface area contributed by atoms with Crippen molar-refractivity contribution in [3.05, 3.63) is 41.1 Å². The Morgan fingerprint density at radius 1 is 1.26 bits per heavy atom. The lowest BCUT2D eigenvalue weighted by Gasteiger charge is -2.12. The monoisotopic (exact) mass is 325 g/mol. The Morgan fingerprint density at radius 3 is 2.83 bits per heavy atom. The first-order valence-corrected chi connectivity index (χ1v) is 9.05. The summed E-state index contributed by atoms with van der Waals surface area (Å²) < 4.78 is 5.30. The zero-order valence-corrected chi connectivity index (χ0v) is 14.2. The van der Waals surface area contributed by atoms with Crippen LogP contribution in [0.5, 0.6) is 0 Å². The predicted octanol–water partition coefficient (Wildman–Crippen LogP) is 4.75. The van der Waals surface area contributed by atoms with Gasteiger partial charge in [-0.25, -0.2) is 4.98 Å². The zero-order valence-electron chi connectivity index (χ0n) is 13.3. The van der Waals surface area contributed by atoms with Crippen molar-refractivity contribution in [2.24, 2.45) is 0 Å². The van der Waals surface area contributed by atoms with E-state index in [2.05, 4.69) is 33.5 Å². The van der Waals surface area contributed by atoms with Gasteiger partial charge < -0.3 is 9.51 Å². The van der Waals surface area contributed by atoms with Crippen LogP contribution in [-0.4, -0.2) is 26.6 Å². The van der Waals surface area contributed by atoms with Crippen molar-refractivity contribution < 1.29 is 4.52 Å². The van der Waals surface area contributed by atoms with E-state index in [9.17, 15) is 0 Å². The molecule has 118 valence electrons. The van der Waals surface area contributed by atoms with Gasteiger partial charge in [-0.05, 0) is 44.3 Å². The first-order chi connectivity index (χ1) is 11.2. The van der Waals surface area contributed by atoms with Crippen LogP contribution < -0.4 is 0 Å². The van der Waals surface area contributed by atoms with E-state index in [0.29, 0.717) is 0 Å². The van der Waals surface area contributed by atoms with Crippen molar-refractivity contribution in [2.45, 2.75) is 26.7 Å². The second-order valence-corrected chi connectivity index (χ2v) is 7.20. The quantitative estimate of drug-likeness (QED) is 0.739. The molecule has 0 amide bonds. The van der Waals surface area contributed by atoms with Gasteiger partial charge in [0.15, 0.2) is 0 Å². The molecule has 1 aliphatic rings. The number of H-pyrrole nitrogens is 1. The van der Waals surface area contributed by atoms with Crippen LogP contribution in [0.4, 0.5) is 0 Å². The summed E-state index contributed by atoms with van der Waals surface area (Å²) in [4.78, 5) is 7.85. The Bertz CT molecular complexity index is 863. The van der Waals surface area contributed by atoms with Crippen LogP contribution in [0.2, 0.25) is 0 Å². The van der Waals surface area contributed by atoms with Crippen LogP contribution in [0.3, 0.4) is 0 Å². The van der Waals surface area contributed by atoms with Gasteiger partial charge in [-0.3, -0.25) is 0 Å². The summed E-state index contributed by atoms with van der Waals surface area (Å²) in [5.74, 6) is 3.30. The lowest BCUT2D eigenvalue weighted by Crippen LogP contribution is -1.97. The second-order valence-electron chi connectivity index (χ2n) is 5.98. The number of aromatic nitrogens is 3. The highest BCUT2D eigenvalue weighted by atomic mass is 32.2. The molecule has 3 aromatic heterocycles. The molecule has 1 saturated heterocycles. The minimum atomic E-state index is 0.836. The molecule has 1 aliphatic heterocycles. The van der Waals surface area contributed by atoms with Gasteiger partial charge in [-0.2, -0.15) is 11.8 Å². The van der Waals surface area contributed by atoms with Gasteiger partial charge in [0.2, 0.25) is 0 Å². The highest BCUT2D eigenvalue weighted by Crippen LogP contribution is 2.31. The maximum Gasteiger partial charge on any atom is 0.141 e. The van der Waals surface area contributed by atoms with E-state index in [4.69, 9.17) is 4.52 Å². The van der Waals surface area contributed by atoms with Crippen molar-refractivity contribution in [2.75, 3.05) is 11.5 Å². The van der Waals surface area contributed by atoms with Crippen LogP contribution in [-0.2, 0) is 0 Å². The van der Waals surface area contributed by atoms with Crippen molar-refractivity contribution in [3.63, 3.8) is 0 Å². The number of pyridine rings is 1. The molecule has 0 unspecified atom stereocenters. The number of hydrogen-bond acceptors (Lipinski definition) is 4. The fourth-order valence-electron chi connectivity index (χ4n) is 3.17. The Morgan fingerprint density at radius 2 is 2.09 bits per heavy atom. The van der Waals surface area contributed by atoms with Crippen molar-refractivity contribution >= 4 is 28.9 Å². The van der Waals surface area contributed by atoms with E-state index in [1.807, 2.05) is 31.8 Å². The minimum absolute atomic E-state index is 0.836. The first-order valence-electron chi connectivity index (χ1n) is 7.90. The average Bonchev–Trinajstić information content (AvgIpc) is 3.12. The highest BCUT2D eigenvalue weighted by molar-refractivity contribution is 7.99. The molecular weight excluding hydrogens is 306 g/mol. The molecule has 4 rings (SSSR count). The topological polar surface area (TPSA) is 54.7 Å². The molecule has 0 bridgehead atoms. The molecule has 23 heavy (non-hydrogen) atoms. The third kappa shape index (κ3) is 2.70. The van der Waals surface area contributed by atoms with Crippen LogP contribution in [0, 0.1) is 13.8 Å². The van der Waals surface area contributed by atoms with Crippen LogP contribution in [0.1, 0.15) is 29.9 Å². The number of fused-ring (bicyclic) bond motifs is 1. The van der Waals surface area contributed by atoms with Gasteiger partial charge in [-0.15, -0.1) is 0 Å². The molecule has 4 heterocycles. The molecule has 0 spiro atoms. The molecule has 0 saturated carbocycles. The van der Waals surface area contributed by atoms with E-state index in [1.54, 1.807) is 0 Å². The molecular formula is C18H19N3OS. The number of allylic oxidation sites excluding steroid dienone is 1. The summed E-state index contributed by atoms with van der Waals surface area (Å²) in [6.45, 7) is 3.91. The predicted molar refractivity (Wildman–Crippen MR) is 95.6 cm³/mol. The van der Waals surface area contributed by atoms with Crippen molar-refractivity contribution in [3.8, 4) is 11.1 Å². The molecule has 3 aromatic rings. The first kappa shape index (κ1) is 14.6. The summed E-state index contributed by atoms with van der Waals surface area (Å²) in [5.41, 5.74) is 6.71. The van der Waals surface area contributed by atoms with Crippen LogP contribution in [0.25, 0.3) is 28.2 Å². The molecule has 0 radical (unpaired) electrons. The number of aryl methyl sites for hydroxylation is 2. The Kier molecular flexibility index (Phi) is 3.73. The number of hydrogen-bond donors (Lipinski definition) is 1. The van der Waals surface area contributed by atoms with E-state index in [1.165, 1.54) is 35.5 Å². The summed E-state index contributed by atoms with van der Waals surface area (Å²) in [5, 5.41) is 5.21. The lowest BCUT2D eigenvalue weighted by molar-refractivity contribution is 0.393. The maximum atomic E-state index is 5.30. The maximum absolute atomic E-state index is 5.30. The number of nitrogens with one attached hydrogen (secondary N) is 1. The number of thioether (sulfide) groups is 1. The zero-order chi connectivity index (χ0) is 15.8. The third-order valence-electron chi connectivity index (χ3n) is 4.38. The Balaban J connectivity index is 1.80. The van der Waals surface area contributed by atoms with Gasteiger partial charge >= 0.3 is 0 Å². The fourth-order valence-corrected chi connectivity index (χ4v) is 4.19. The molecule has 0 aliphatic carbocycles. The normalized spacial score (nSPS) is 15.3. The second kappa shape index (κ2) is 5.89. The number of nitrogens with zero attached hydrogens (tertiary/aromatic N) is 2. The Labute approximate surface area is 139 Å². The minimum Gasteiger partial charge on any atom is -0.361 e. The summed E-state index contributed by atoms with van der Waals surface area (Å²) in [7, 11) is 0. The standard InChI is InChI=1S/C18H19N3OS/c1-11-17(12(2)22-21-11)15-8-16-14(9-19-18(16)20-10-15)7-13-3-5-23-6-4-13/h7-10H,3-6H2,1-2H3,(H,19,20). The Hall–Kier alpha value is -2.01. The van der Waals surface area contributed by atoms with Gasteiger partial charge in [0, 0.05) is 34.5 Å². The van der Waals surface area contributed by atoms with E-state index in [-0.39, 0.29) is 0 Å². The van der Waals surface area contributed by atoms with Crippen molar-refractivity contribution in [1.29, 1.82) is 0 Å². The molecule has 0 atom stereocenters. The summed E-state index contributed by atoms with van der Waals surface area (Å²) >= 11 is 2.04. The van der Waals surface area contributed by atoms with Gasteiger partial charge in [0.25, 0.3) is 0 Å². The van der Waals surface area contributed by atoms with Crippen LogP contribution in [0.15, 0.2) is 28.6 Å². The third-order valence-corrected chi connectivity index (χ3v) is 5.37. The smallest absolute Gasteiger partial charge is 0.141 e. The SMILES string of the molecule is Cc1noc(C)c1-c1cnc2[nH]cc(C=C3CCSCC3)c2c1. The molecule has 0 aromatic carbocycles. The fraction of sp³-hybridized carbons (Fsp3) is 0.333. The summed E-state index contributed by atoms with van der Waals surface area (Å²) in [6, 6.07) is 2.19. The van der Waals surface area contributed by atoms with Gasteiger partial charge in [0.1, 0.15) is 11.4 Å². The van der Waals surface area contributed by atoms with E-state index < -0.39 is 0 Å². The molecule has 1 N–H and O–H groups in total. The van der Waals surface area contributed by atoms with Crippen LogP contribution >= 0.6 is 11.8 Å². The highest BCUT2D eigenvalue weighted by Gasteiger charge is 2.14. The number of aromatic amines is 1. The molecule has 4 nitrogen and oxygen atoms in total. The molecule has 5 heteroatoms. The largest absolute Gasteiger partial charge is 0.361 e. The average molecular weight is 325 g/mol. The van der Waals surface area contributed by atoms with E-state index in [0.717, 1.165) is 33.6 Å². The molecule has 1 fully saturated rings. The summed E-state index contributed by atoms with van der Waals surface area (Å²) in [6.07, 6.45) is 8.66. The van der Waals surface area contributed by atoms with Gasteiger partial charge in [-0.1, -0.05) is 16.8 Å². The van der Waals surface area contributed by atoms with Gasteiger partial charge in [0.05, 0.1) is 5.69 Å². The van der Waals surface area contributed by atoms with Crippen molar-refractivity contribution in [1.82, 2.24) is 15.1 Å². The number of rotatable bonds is 2.